The van der Waals surface area contributed by atoms with Crippen LogP contribution >= 0.6 is 0 Å². The SMILES string of the molecule is CCOC(=O)C1=C(C)N(C2CC2)C(=O)N[C@@H]1c1ccc(OCC#N)cc1. The highest BCUT2D eigenvalue weighted by molar-refractivity contribution is 5.95. The van der Waals surface area contributed by atoms with Crippen LogP contribution in [0.25, 0.3) is 0 Å². The lowest BCUT2D eigenvalue weighted by Gasteiger charge is -2.35. The van der Waals surface area contributed by atoms with E-state index in [1.807, 2.05) is 6.07 Å². The molecule has 26 heavy (non-hydrogen) atoms. The van der Waals surface area contributed by atoms with Crippen LogP contribution in [0.5, 0.6) is 5.75 Å². The lowest BCUT2D eigenvalue weighted by atomic mass is 9.94. The Kier molecular flexibility index (Phi) is 5.12. The van der Waals surface area contributed by atoms with Crippen LogP contribution < -0.4 is 10.1 Å². The Morgan fingerprint density at radius 1 is 1.35 bits per heavy atom. The van der Waals surface area contributed by atoms with Crippen molar-refractivity contribution in [3.63, 3.8) is 0 Å². The average Bonchev–Trinajstić information content (AvgIpc) is 3.45. The quantitative estimate of drug-likeness (QED) is 0.792. The fraction of sp³-hybridized carbons (Fsp3) is 0.421. The Balaban J connectivity index is 1.94. The standard InChI is InChI=1S/C19H21N3O4/c1-3-25-18(23)16-12(2)22(14-6-7-14)19(24)21-17(16)13-4-8-15(9-5-13)26-11-10-20/h4-5,8-9,14,17H,3,6-7,11H2,1-2H3,(H,21,24)/t17-/m1/s1. The maximum absolute atomic E-state index is 12.6. The highest BCUT2D eigenvalue weighted by Crippen LogP contribution is 2.38. The zero-order chi connectivity index (χ0) is 18.7. The van der Waals surface area contributed by atoms with Crippen LogP contribution in [0, 0.1) is 11.3 Å². The summed E-state index contributed by atoms with van der Waals surface area (Å²) in [6.07, 6.45) is 1.88. The first kappa shape index (κ1) is 17.8. The molecule has 1 fully saturated rings. The number of carbonyl (C=O) groups is 2. The molecule has 136 valence electrons. The molecule has 0 saturated heterocycles. The van der Waals surface area contributed by atoms with Gasteiger partial charge in [-0.15, -0.1) is 0 Å². The molecule has 7 nitrogen and oxygen atoms in total. The third kappa shape index (κ3) is 3.49. The summed E-state index contributed by atoms with van der Waals surface area (Å²) in [5, 5.41) is 11.5. The van der Waals surface area contributed by atoms with Crippen molar-refractivity contribution in [2.24, 2.45) is 0 Å². The van der Waals surface area contributed by atoms with Crippen LogP contribution in [0.2, 0.25) is 0 Å². The minimum Gasteiger partial charge on any atom is -0.479 e. The van der Waals surface area contributed by atoms with E-state index < -0.39 is 12.0 Å². The molecule has 3 rings (SSSR count). The van der Waals surface area contributed by atoms with E-state index in [4.69, 9.17) is 14.7 Å². The van der Waals surface area contributed by atoms with Gasteiger partial charge < -0.3 is 14.8 Å². The van der Waals surface area contributed by atoms with Gasteiger partial charge in [-0.2, -0.15) is 5.26 Å². The number of hydrogen-bond acceptors (Lipinski definition) is 5. The molecule has 0 radical (unpaired) electrons. The van der Waals surface area contributed by atoms with Crippen molar-refractivity contribution < 1.29 is 19.1 Å². The second-order valence-corrected chi connectivity index (χ2v) is 6.22. The smallest absolute Gasteiger partial charge is 0.338 e. The number of esters is 1. The van der Waals surface area contributed by atoms with Crippen molar-refractivity contribution >= 4 is 12.0 Å². The van der Waals surface area contributed by atoms with Gasteiger partial charge in [0.05, 0.1) is 18.2 Å². The van der Waals surface area contributed by atoms with E-state index in [0.29, 0.717) is 17.0 Å². The normalized spacial score (nSPS) is 19.7. The van der Waals surface area contributed by atoms with Crippen molar-refractivity contribution in [3.05, 3.63) is 41.1 Å². The summed E-state index contributed by atoms with van der Waals surface area (Å²) in [5.41, 5.74) is 1.84. The third-order valence-electron chi connectivity index (χ3n) is 4.45. The number of benzene rings is 1. The number of nitrogens with one attached hydrogen (secondary N) is 1. The molecule has 7 heteroatoms. The van der Waals surface area contributed by atoms with Gasteiger partial charge in [0, 0.05) is 11.7 Å². The third-order valence-corrected chi connectivity index (χ3v) is 4.45. The maximum Gasteiger partial charge on any atom is 0.338 e. The molecule has 1 atom stereocenters. The summed E-state index contributed by atoms with van der Waals surface area (Å²) < 4.78 is 10.5. The number of urea groups is 1. The summed E-state index contributed by atoms with van der Waals surface area (Å²) in [4.78, 5) is 26.8. The van der Waals surface area contributed by atoms with Crippen molar-refractivity contribution in [1.29, 1.82) is 5.26 Å². The second kappa shape index (κ2) is 7.48. The summed E-state index contributed by atoms with van der Waals surface area (Å²) in [5.74, 6) is 0.126. The number of ether oxygens (including phenoxy) is 2. The van der Waals surface area contributed by atoms with Crippen molar-refractivity contribution in [1.82, 2.24) is 10.2 Å². The van der Waals surface area contributed by atoms with Crippen LogP contribution in [-0.2, 0) is 9.53 Å². The van der Waals surface area contributed by atoms with Crippen LogP contribution in [-0.4, -0.2) is 36.2 Å². The Labute approximate surface area is 152 Å². The summed E-state index contributed by atoms with van der Waals surface area (Å²) >= 11 is 0. The lowest BCUT2D eigenvalue weighted by Crippen LogP contribution is -2.48. The van der Waals surface area contributed by atoms with Crippen molar-refractivity contribution in [2.45, 2.75) is 38.8 Å². The number of amides is 2. The van der Waals surface area contributed by atoms with E-state index in [1.165, 1.54) is 0 Å². The maximum atomic E-state index is 12.6. The zero-order valence-corrected chi connectivity index (χ0v) is 14.8. The Morgan fingerprint density at radius 2 is 2.04 bits per heavy atom. The molecule has 1 saturated carbocycles. The van der Waals surface area contributed by atoms with Crippen molar-refractivity contribution in [2.75, 3.05) is 13.2 Å². The number of nitrogens with zero attached hydrogens (tertiary/aromatic N) is 2. The summed E-state index contributed by atoms with van der Waals surface area (Å²) in [6.45, 7) is 3.77. The van der Waals surface area contributed by atoms with E-state index >= 15 is 0 Å². The Hall–Kier alpha value is -3.01. The van der Waals surface area contributed by atoms with Crippen LogP contribution in [0.3, 0.4) is 0 Å². The van der Waals surface area contributed by atoms with Gasteiger partial charge in [0.25, 0.3) is 0 Å². The molecule has 1 aromatic carbocycles. The first-order valence-corrected chi connectivity index (χ1v) is 8.64. The van der Waals surface area contributed by atoms with E-state index in [2.05, 4.69) is 5.32 Å². The number of nitriles is 1. The Bertz CT molecular complexity index is 775. The summed E-state index contributed by atoms with van der Waals surface area (Å²) in [6, 6.07) is 8.26. The molecule has 0 unspecified atom stereocenters. The van der Waals surface area contributed by atoms with Gasteiger partial charge in [-0.25, -0.2) is 9.59 Å². The van der Waals surface area contributed by atoms with E-state index in [1.54, 1.807) is 43.0 Å². The van der Waals surface area contributed by atoms with Gasteiger partial charge in [-0.05, 0) is 44.4 Å². The van der Waals surface area contributed by atoms with Gasteiger partial charge in [0.2, 0.25) is 0 Å². The predicted octanol–water partition coefficient (Wildman–Crippen LogP) is 2.65. The first-order valence-electron chi connectivity index (χ1n) is 8.64. The van der Waals surface area contributed by atoms with Gasteiger partial charge in [-0.3, -0.25) is 4.90 Å². The fourth-order valence-electron chi connectivity index (χ4n) is 3.13. The van der Waals surface area contributed by atoms with Gasteiger partial charge >= 0.3 is 12.0 Å². The van der Waals surface area contributed by atoms with Crippen LogP contribution in [0.15, 0.2) is 35.5 Å². The number of carbonyl (C=O) groups excluding carboxylic acids is 2. The molecule has 1 aliphatic carbocycles. The van der Waals surface area contributed by atoms with Crippen LogP contribution in [0.1, 0.15) is 38.3 Å². The molecule has 0 aromatic heterocycles. The average molecular weight is 355 g/mol. The minimum atomic E-state index is -0.582. The van der Waals surface area contributed by atoms with Gasteiger partial charge in [0.1, 0.15) is 11.8 Å². The van der Waals surface area contributed by atoms with Crippen molar-refractivity contribution in [3.8, 4) is 11.8 Å². The lowest BCUT2D eigenvalue weighted by molar-refractivity contribution is -0.139. The molecule has 2 aliphatic rings. The molecule has 2 amide bonds. The van der Waals surface area contributed by atoms with Gasteiger partial charge in [0.15, 0.2) is 6.61 Å². The molecule has 1 N–H and O–H groups in total. The highest BCUT2D eigenvalue weighted by atomic mass is 16.5. The molecular weight excluding hydrogens is 334 g/mol. The number of rotatable bonds is 6. The molecule has 0 bridgehead atoms. The van der Waals surface area contributed by atoms with Crippen LogP contribution in [0.4, 0.5) is 4.79 Å². The monoisotopic (exact) mass is 355 g/mol. The molecule has 1 aliphatic heterocycles. The predicted molar refractivity (Wildman–Crippen MR) is 93.0 cm³/mol. The fourth-order valence-corrected chi connectivity index (χ4v) is 3.13. The number of hydrogen-bond donors (Lipinski definition) is 1. The molecule has 1 aromatic rings. The van der Waals surface area contributed by atoms with Gasteiger partial charge in [-0.1, -0.05) is 12.1 Å². The largest absolute Gasteiger partial charge is 0.479 e. The van der Waals surface area contributed by atoms with E-state index in [9.17, 15) is 9.59 Å². The van der Waals surface area contributed by atoms with E-state index in [-0.39, 0.29) is 25.3 Å². The molecular formula is C19H21N3O4. The summed E-state index contributed by atoms with van der Waals surface area (Å²) in [7, 11) is 0. The first-order chi connectivity index (χ1) is 12.6. The topological polar surface area (TPSA) is 91.7 Å². The second-order valence-electron chi connectivity index (χ2n) is 6.22. The highest BCUT2D eigenvalue weighted by Gasteiger charge is 2.42. The molecule has 0 spiro atoms. The zero-order valence-electron chi connectivity index (χ0n) is 14.8. The molecule has 1 heterocycles. The minimum absolute atomic E-state index is 0.0387. The van der Waals surface area contributed by atoms with E-state index in [0.717, 1.165) is 18.4 Å². The number of allylic oxidation sites excluding steroid dienone is 1. The Morgan fingerprint density at radius 3 is 2.62 bits per heavy atom.